The number of alkyl halides is 3. The van der Waals surface area contributed by atoms with Crippen LogP contribution in [0.25, 0.3) is 0 Å². The molecule has 2 rings (SSSR count). The van der Waals surface area contributed by atoms with Crippen LogP contribution in [0.5, 0.6) is 0 Å². The van der Waals surface area contributed by atoms with Gasteiger partial charge in [0.1, 0.15) is 5.82 Å². The number of anilines is 2. The summed E-state index contributed by atoms with van der Waals surface area (Å²) in [7, 11) is 0. The zero-order valence-electron chi connectivity index (χ0n) is 14.7. The molecular formula is C17H17F4N3O2S. The first-order chi connectivity index (χ1) is 12.4. The lowest BCUT2D eigenvalue weighted by Gasteiger charge is -2.15. The van der Waals surface area contributed by atoms with Crippen LogP contribution in [0.2, 0.25) is 0 Å². The lowest BCUT2D eigenvalue weighted by atomic mass is 9.96. The zero-order chi connectivity index (χ0) is 20.4. The van der Waals surface area contributed by atoms with E-state index in [0.29, 0.717) is 23.0 Å². The van der Waals surface area contributed by atoms with Gasteiger partial charge in [-0.05, 0) is 18.2 Å². The number of nitrogens with zero attached hydrogens (tertiary/aromatic N) is 1. The summed E-state index contributed by atoms with van der Waals surface area (Å²) in [6.07, 6.45) is -5.07. The van der Waals surface area contributed by atoms with Gasteiger partial charge in [-0.2, -0.15) is 13.2 Å². The molecule has 0 atom stereocenters. The third-order valence-electron chi connectivity index (χ3n) is 3.35. The minimum absolute atomic E-state index is 0.176. The van der Waals surface area contributed by atoms with Gasteiger partial charge in [0.25, 0.3) is 0 Å². The molecule has 5 nitrogen and oxygen atoms in total. The van der Waals surface area contributed by atoms with Crippen LogP contribution in [0.4, 0.5) is 28.4 Å². The Balaban J connectivity index is 2.02. The predicted molar refractivity (Wildman–Crippen MR) is 93.9 cm³/mol. The first kappa shape index (κ1) is 20.8. The molecule has 2 aromatic rings. The van der Waals surface area contributed by atoms with E-state index in [0.717, 1.165) is 17.4 Å². The Bertz CT molecular complexity index is 857. The van der Waals surface area contributed by atoms with E-state index < -0.39 is 28.9 Å². The minimum atomic E-state index is -4.86. The van der Waals surface area contributed by atoms with Gasteiger partial charge >= 0.3 is 6.18 Å². The summed E-state index contributed by atoms with van der Waals surface area (Å²) in [4.78, 5) is 28.0. The van der Waals surface area contributed by atoms with Gasteiger partial charge in [-0.15, -0.1) is 11.3 Å². The molecule has 2 N–H and O–H groups in total. The largest absolute Gasteiger partial charge is 0.419 e. The number of aromatic nitrogens is 1. The van der Waals surface area contributed by atoms with Crippen molar-refractivity contribution in [3.63, 3.8) is 0 Å². The number of amides is 2. The fraction of sp³-hybridized carbons (Fsp3) is 0.353. The van der Waals surface area contributed by atoms with Crippen LogP contribution in [0.15, 0.2) is 23.6 Å². The van der Waals surface area contributed by atoms with E-state index in [1.54, 1.807) is 26.2 Å². The maximum atomic E-state index is 13.3. The maximum Gasteiger partial charge on any atom is 0.419 e. The van der Waals surface area contributed by atoms with Crippen molar-refractivity contribution in [2.24, 2.45) is 5.41 Å². The summed E-state index contributed by atoms with van der Waals surface area (Å²) in [5.74, 6) is -2.27. The van der Waals surface area contributed by atoms with E-state index in [9.17, 15) is 27.2 Å². The van der Waals surface area contributed by atoms with Crippen LogP contribution < -0.4 is 10.6 Å². The maximum absolute atomic E-state index is 13.3. The molecule has 0 aliphatic rings. The van der Waals surface area contributed by atoms with Crippen molar-refractivity contribution >= 4 is 34.0 Å². The smallest absolute Gasteiger partial charge is 0.326 e. The van der Waals surface area contributed by atoms with Gasteiger partial charge < -0.3 is 10.6 Å². The predicted octanol–water partition coefficient (Wildman–Crippen LogP) is 4.47. The molecule has 0 radical (unpaired) electrons. The molecule has 0 spiro atoms. The van der Waals surface area contributed by atoms with Crippen LogP contribution >= 0.6 is 11.3 Å². The molecule has 0 saturated carbocycles. The Morgan fingerprint density at radius 2 is 1.81 bits per heavy atom. The van der Waals surface area contributed by atoms with Crippen molar-refractivity contribution < 1.29 is 27.2 Å². The van der Waals surface area contributed by atoms with Gasteiger partial charge in [0.2, 0.25) is 11.8 Å². The second kappa shape index (κ2) is 7.63. The van der Waals surface area contributed by atoms with Crippen molar-refractivity contribution in [3.8, 4) is 0 Å². The van der Waals surface area contributed by atoms with Crippen molar-refractivity contribution in [2.45, 2.75) is 33.4 Å². The molecule has 2 amide bonds. The second-order valence-electron chi connectivity index (χ2n) is 6.77. The molecule has 0 bridgehead atoms. The van der Waals surface area contributed by atoms with Crippen LogP contribution in [-0.4, -0.2) is 16.8 Å². The number of hydrogen-bond donors (Lipinski definition) is 2. The first-order valence-electron chi connectivity index (χ1n) is 7.79. The summed E-state index contributed by atoms with van der Waals surface area (Å²) < 4.78 is 51.4. The summed E-state index contributed by atoms with van der Waals surface area (Å²) in [5, 5.41) is 6.78. The fourth-order valence-corrected chi connectivity index (χ4v) is 2.63. The number of hydrogen-bond acceptors (Lipinski definition) is 4. The summed E-state index contributed by atoms with van der Waals surface area (Å²) in [5.41, 5.74) is -1.90. The standard InChI is InChI=1S/C17H17F4N3O2S/c1-16(2,3)14(26)24-15-23-10(8-27-15)7-13(25)22-9-4-5-12(18)11(6-9)17(19,20)21/h4-6,8H,7H2,1-3H3,(H,22,25)(H,23,24,26). The van der Waals surface area contributed by atoms with Gasteiger partial charge in [0.15, 0.2) is 5.13 Å². The quantitative estimate of drug-likeness (QED) is 0.740. The normalized spacial score (nSPS) is 12.0. The number of carbonyl (C=O) groups excluding carboxylic acids is 2. The van der Waals surface area contributed by atoms with Crippen LogP contribution in [0.3, 0.4) is 0 Å². The Morgan fingerprint density at radius 1 is 1.15 bits per heavy atom. The number of nitrogens with one attached hydrogen (secondary N) is 2. The van der Waals surface area contributed by atoms with Gasteiger partial charge in [-0.25, -0.2) is 9.37 Å². The highest BCUT2D eigenvalue weighted by Crippen LogP contribution is 2.33. The lowest BCUT2D eigenvalue weighted by molar-refractivity contribution is -0.140. The van der Waals surface area contributed by atoms with E-state index in [2.05, 4.69) is 15.6 Å². The molecule has 1 aromatic carbocycles. The Morgan fingerprint density at radius 3 is 2.41 bits per heavy atom. The number of rotatable bonds is 4. The average Bonchev–Trinajstić information content (AvgIpc) is 2.94. The molecule has 1 aromatic heterocycles. The number of halogens is 4. The Labute approximate surface area is 156 Å². The fourth-order valence-electron chi connectivity index (χ4n) is 1.92. The molecule has 0 unspecified atom stereocenters. The highest BCUT2D eigenvalue weighted by molar-refractivity contribution is 7.13. The monoisotopic (exact) mass is 403 g/mol. The number of benzene rings is 1. The molecule has 1 heterocycles. The molecule has 146 valence electrons. The molecular weight excluding hydrogens is 386 g/mol. The van der Waals surface area contributed by atoms with Gasteiger partial charge in [0.05, 0.1) is 17.7 Å². The number of thiazole rings is 1. The summed E-state index contributed by atoms with van der Waals surface area (Å²) in [6.45, 7) is 5.21. The molecule has 10 heteroatoms. The van der Waals surface area contributed by atoms with Crippen molar-refractivity contribution in [1.29, 1.82) is 0 Å². The van der Waals surface area contributed by atoms with E-state index in [-0.39, 0.29) is 18.0 Å². The lowest BCUT2D eigenvalue weighted by Crippen LogP contribution is -2.27. The van der Waals surface area contributed by atoms with Gasteiger partial charge in [0, 0.05) is 16.5 Å². The molecule has 0 saturated heterocycles. The van der Waals surface area contributed by atoms with E-state index >= 15 is 0 Å². The minimum Gasteiger partial charge on any atom is -0.326 e. The SMILES string of the molecule is CC(C)(C)C(=O)Nc1nc(CC(=O)Nc2ccc(F)c(C(F)(F)F)c2)cs1. The second-order valence-corrected chi connectivity index (χ2v) is 7.62. The summed E-state index contributed by atoms with van der Waals surface area (Å²) >= 11 is 1.13. The van der Waals surface area contributed by atoms with Crippen molar-refractivity contribution in [3.05, 3.63) is 40.7 Å². The molecule has 0 aliphatic carbocycles. The van der Waals surface area contributed by atoms with E-state index in [1.807, 2.05) is 0 Å². The third kappa shape index (κ3) is 5.75. The van der Waals surface area contributed by atoms with Crippen LogP contribution in [0, 0.1) is 11.2 Å². The zero-order valence-corrected chi connectivity index (χ0v) is 15.5. The molecule has 0 aliphatic heterocycles. The van der Waals surface area contributed by atoms with Gasteiger partial charge in [-0.3, -0.25) is 9.59 Å². The number of carbonyl (C=O) groups is 2. The van der Waals surface area contributed by atoms with Crippen molar-refractivity contribution in [2.75, 3.05) is 10.6 Å². The van der Waals surface area contributed by atoms with Crippen molar-refractivity contribution in [1.82, 2.24) is 4.98 Å². The highest BCUT2D eigenvalue weighted by Gasteiger charge is 2.34. The van der Waals surface area contributed by atoms with Gasteiger partial charge in [-0.1, -0.05) is 20.8 Å². The third-order valence-corrected chi connectivity index (χ3v) is 4.16. The first-order valence-corrected chi connectivity index (χ1v) is 8.66. The average molecular weight is 403 g/mol. The highest BCUT2D eigenvalue weighted by atomic mass is 32.1. The van der Waals surface area contributed by atoms with Crippen LogP contribution in [0.1, 0.15) is 32.0 Å². The molecule has 0 fully saturated rings. The topological polar surface area (TPSA) is 71.1 Å². The van der Waals surface area contributed by atoms with E-state index in [4.69, 9.17) is 0 Å². The Hall–Kier alpha value is -2.49. The summed E-state index contributed by atoms with van der Waals surface area (Å²) in [6, 6.07) is 2.21. The van der Waals surface area contributed by atoms with Crippen LogP contribution in [-0.2, 0) is 22.2 Å². The molecule has 27 heavy (non-hydrogen) atoms. The Kier molecular flexibility index (Phi) is 5.88. The van der Waals surface area contributed by atoms with E-state index in [1.165, 1.54) is 0 Å².